The second-order valence-electron chi connectivity index (χ2n) is 2.76. The summed E-state index contributed by atoms with van der Waals surface area (Å²) in [7, 11) is -3.57. The zero-order chi connectivity index (χ0) is 9.90. The van der Waals surface area contributed by atoms with Gasteiger partial charge < -0.3 is 0 Å². The Balaban J connectivity index is 2.86. The van der Waals surface area contributed by atoms with Crippen LogP contribution in [-0.2, 0) is 14.8 Å². The molecule has 0 aromatic heterocycles. The topological polar surface area (TPSA) is 63.2 Å². The van der Waals surface area contributed by atoms with Gasteiger partial charge in [0, 0.05) is 6.92 Å². The molecule has 0 heterocycles. The van der Waals surface area contributed by atoms with Crippen molar-refractivity contribution in [2.24, 2.45) is 0 Å². The van der Waals surface area contributed by atoms with E-state index in [0.29, 0.717) is 12.8 Å². The Morgan fingerprint density at radius 3 is 2.69 bits per heavy atom. The molecule has 0 radical (unpaired) electrons. The van der Waals surface area contributed by atoms with Gasteiger partial charge in [-0.3, -0.25) is 4.79 Å². The summed E-state index contributed by atoms with van der Waals surface area (Å²) in [4.78, 5) is 10.8. The number of nitrogens with one attached hydrogen (secondary N) is 1. The van der Waals surface area contributed by atoms with Crippen LogP contribution in [0.5, 0.6) is 0 Å². The summed E-state index contributed by atoms with van der Waals surface area (Å²) in [5.41, 5.74) is 0. The van der Waals surface area contributed by atoms with E-state index >= 15 is 0 Å². The lowest BCUT2D eigenvalue weighted by molar-refractivity contribution is -0.117. The SMILES string of the molecule is CC(=O)NS(=O)(=O)C1=CC=CCC1. The fourth-order valence-corrected chi connectivity index (χ4v) is 2.21. The second kappa shape index (κ2) is 3.74. The fraction of sp³-hybridized carbons (Fsp3) is 0.375. The summed E-state index contributed by atoms with van der Waals surface area (Å²) in [5, 5.41) is 0. The Hall–Kier alpha value is -1.10. The van der Waals surface area contributed by atoms with E-state index in [9.17, 15) is 13.2 Å². The van der Waals surface area contributed by atoms with Crippen LogP contribution in [-0.4, -0.2) is 14.3 Å². The quantitative estimate of drug-likeness (QED) is 0.714. The number of rotatable bonds is 2. The maximum absolute atomic E-state index is 11.4. The molecule has 0 aliphatic heterocycles. The molecule has 1 N–H and O–H groups in total. The molecule has 1 amide bonds. The standard InChI is InChI=1S/C8H11NO3S/c1-7(10)9-13(11,12)8-5-3-2-4-6-8/h2-3,5H,4,6H2,1H3,(H,9,10). The lowest BCUT2D eigenvalue weighted by Gasteiger charge is -2.09. The maximum Gasteiger partial charge on any atom is 0.260 e. The van der Waals surface area contributed by atoms with Crippen LogP contribution in [0.2, 0.25) is 0 Å². The predicted molar refractivity (Wildman–Crippen MR) is 49.2 cm³/mol. The number of allylic oxidation sites excluding steroid dienone is 4. The Morgan fingerprint density at radius 1 is 1.54 bits per heavy atom. The monoisotopic (exact) mass is 201 g/mol. The molecule has 0 saturated heterocycles. The molecule has 1 aliphatic carbocycles. The summed E-state index contributed by atoms with van der Waals surface area (Å²) in [6, 6.07) is 0. The largest absolute Gasteiger partial charge is 0.274 e. The molecule has 5 heteroatoms. The van der Waals surface area contributed by atoms with Gasteiger partial charge in [-0.25, -0.2) is 13.1 Å². The smallest absolute Gasteiger partial charge is 0.260 e. The van der Waals surface area contributed by atoms with Gasteiger partial charge in [-0.05, 0) is 18.9 Å². The van der Waals surface area contributed by atoms with Crippen LogP contribution in [0.4, 0.5) is 0 Å². The minimum Gasteiger partial charge on any atom is -0.274 e. The van der Waals surface area contributed by atoms with Crippen molar-refractivity contribution in [2.45, 2.75) is 19.8 Å². The first-order valence-electron chi connectivity index (χ1n) is 3.91. The summed E-state index contributed by atoms with van der Waals surface area (Å²) in [6.07, 6.45) is 6.23. The highest BCUT2D eigenvalue weighted by Crippen LogP contribution is 2.16. The Kier molecular flexibility index (Phi) is 2.87. The first-order valence-corrected chi connectivity index (χ1v) is 5.40. The van der Waals surface area contributed by atoms with Crippen molar-refractivity contribution in [1.29, 1.82) is 0 Å². The van der Waals surface area contributed by atoms with Crippen LogP contribution in [0, 0.1) is 0 Å². The van der Waals surface area contributed by atoms with E-state index in [0.717, 1.165) is 0 Å². The lowest BCUT2D eigenvalue weighted by Crippen LogP contribution is -2.29. The van der Waals surface area contributed by atoms with E-state index in [-0.39, 0.29) is 4.91 Å². The average molecular weight is 201 g/mol. The first kappa shape index (κ1) is 9.98. The highest BCUT2D eigenvalue weighted by Gasteiger charge is 2.18. The number of carbonyl (C=O) groups excluding carboxylic acids is 1. The van der Waals surface area contributed by atoms with Gasteiger partial charge in [0.1, 0.15) is 0 Å². The van der Waals surface area contributed by atoms with Gasteiger partial charge in [0.15, 0.2) is 0 Å². The van der Waals surface area contributed by atoms with Crippen molar-refractivity contribution >= 4 is 15.9 Å². The van der Waals surface area contributed by atoms with Gasteiger partial charge in [-0.1, -0.05) is 12.2 Å². The fourth-order valence-electron chi connectivity index (χ4n) is 1.06. The van der Waals surface area contributed by atoms with Crippen LogP contribution in [0.15, 0.2) is 23.1 Å². The van der Waals surface area contributed by atoms with Crippen LogP contribution in [0.3, 0.4) is 0 Å². The van der Waals surface area contributed by atoms with Gasteiger partial charge in [0.2, 0.25) is 5.91 Å². The highest BCUT2D eigenvalue weighted by atomic mass is 32.2. The summed E-state index contributed by atoms with van der Waals surface area (Å²) in [5.74, 6) is -0.560. The Labute approximate surface area is 77.4 Å². The number of hydrogen-bond acceptors (Lipinski definition) is 3. The molecule has 1 rings (SSSR count). The van der Waals surface area contributed by atoms with E-state index < -0.39 is 15.9 Å². The van der Waals surface area contributed by atoms with E-state index in [1.807, 2.05) is 10.8 Å². The molecule has 0 aromatic carbocycles. The van der Waals surface area contributed by atoms with Crippen LogP contribution < -0.4 is 4.72 Å². The van der Waals surface area contributed by atoms with Gasteiger partial charge in [0.05, 0.1) is 4.91 Å². The number of sulfonamides is 1. The lowest BCUT2D eigenvalue weighted by atomic mass is 10.2. The summed E-state index contributed by atoms with van der Waals surface area (Å²) in [6.45, 7) is 1.18. The minimum atomic E-state index is -3.57. The van der Waals surface area contributed by atoms with Crippen molar-refractivity contribution in [3.05, 3.63) is 23.1 Å². The zero-order valence-corrected chi connectivity index (χ0v) is 8.10. The molecule has 0 fully saturated rings. The van der Waals surface area contributed by atoms with Crippen molar-refractivity contribution in [3.8, 4) is 0 Å². The molecule has 72 valence electrons. The molecule has 0 atom stereocenters. The third-order valence-corrected chi connectivity index (χ3v) is 3.19. The van der Waals surface area contributed by atoms with E-state index in [2.05, 4.69) is 0 Å². The third-order valence-electron chi connectivity index (χ3n) is 1.60. The molecule has 0 spiro atoms. The van der Waals surface area contributed by atoms with Gasteiger partial charge in [0.25, 0.3) is 10.0 Å². The Bertz CT molecular complexity index is 365. The van der Waals surface area contributed by atoms with E-state index in [4.69, 9.17) is 0 Å². The minimum absolute atomic E-state index is 0.269. The van der Waals surface area contributed by atoms with Crippen molar-refractivity contribution in [1.82, 2.24) is 4.72 Å². The normalized spacial score (nSPS) is 16.5. The van der Waals surface area contributed by atoms with Crippen molar-refractivity contribution in [3.63, 3.8) is 0 Å². The average Bonchev–Trinajstić information content (AvgIpc) is 2.04. The predicted octanol–water partition coefficient (Wildman–Crippen LogP) is 0.686. The van der Waals surface area contributed by atoms with Crippen LogP contribution >= 0.6 is 0 Å². The van der Waals surface area contributed by atoms with Crippen LogP contribution in [0.25, 0.3) is 0 Å². The maximum atomic E-state index is 11.4. The summed E-state index contributed by atoms with van der Waals surface area (Å²) >= 11 is 0. The zero-order valence-electron chi connectivity index (χ0n) is 7.28. The first-order chi connectivity index (χ1) is 6.02. The van der Waals surface area contributed by atoms with Crippen molar-refractivity contribution < 1.29 is 13.2 Å². The second-order valence-corrected chi connectivity index (χ2v) is 4.50. The van der Waals surface area contributed by atoms with Gasteiger partial charge in [-0.15, -0.1) is 0 Å². The molecular formula is C8H11NO3S. The molecule has 4 nitrogen and oxygen atoms in total. The molecule has 0 bridgehead atoms. The number of carbonyl (C=O) groups is 1. The van der Waals surface area contributed by atoms with E-state index in [1.165, 1.54) is 13.0 Å². The highest BCUT2D eigenvalue weighted by molar-refractivity contribution is 7.93. The summed E-state index contributed by atoms with van der Waals surface area (Å²) < 4.78 is 24.6. The van der Waals surface area contributed by atoms with Crippen molar-refractivity contribution in [2.75, 3.05) is 0 Å². The van der Waals surface area contributed by atoms with Crippen LogP contribution in [0.1, 0.15) is 19.8 Å². The molecular weight excluding hydrogens is 190 g/mol. The molecule has 0 unspecified atom stereocenters. The van der Waals surface area contributed by atoms with Gasteiger partial charge >= 0.3 is 0 Å². The molecule has 13 heavy (non-hydrogen) atoms. The molecule has 1 aliphatic rings. The van der Waals surface area contributed by atoms with E-state index in [1.54, 1.807) is 6.08 Å². The number of hydrogen-bond donors (Lipinski definition) is 1. The third kappa shape index (κ3) is 2.69. The number of amides is 1. The molecule has 0 aromatic rings. The van der Waals surface area contributed by atoms with Gasteiger partial charge in [-0.2, -0.15) is 0 Å². The molecule has 0 saturated carbocycles. The Morgan fingerprint density at radius 2 is 2.23 bits per heavy atom.